The molecule has 0 unspecified atom stereocenters. The van der Waals surface area contributed by atoms with Crippen LogP contribution in [0.25, 0.3) is 0 Å². The lowest BCUT2D eigenvalue weighted by Gasteiger charge is -2.13. The Kier molecular flexibility index (Phi) is 6.04. The Morgan fingerprint density at radius 2 is 1.65 bits per heavy atom. The number of hydrogen-bond acceptors (Lipinski definition) is 3. The summed E-state index contributed by atoms with van der Waals surface area (Å²) in [4.78, 5) is 12.2. The largest absolute Gasteiger partial charge is 0.417 e. The molecule has 0 radical (unpaired) electrons. The van der Waals surface area contributed by atoms with Crippen molar-refractivity contribution in [2.24, 2.45) is 0 Å². The van der Waals surface area contributed by atoms with Crippen LogP contribution in [0.2, 0.25) is 0 Å². The van der Waals surface area contributed by atoms with E-state index in [0.717, 1.165) is 12.1 Å². The molecule has 2 aromatic rings. The number of rotatable bonds is 6. The maximum Gasteiger partial charge on any atom is 0.417 e. The van der Waals surface area contributed by atoms with Gasteiger partial charge in [-0.25, -0.2) is 13.1 Å². The van der Waals surface area contributed by atoms with Crippen molar-refractivity contribution in [1.82, 2.24) is 4.72 Å². The lowest BCUT2D eigenvalue weighted by molar-refractivity contribution is -0.137. The SMILES string of the molecule is CCCNS(=O)(=O)c1ccc(NC(=O)c2ccccc2C(F)(F)F)cc1. The summed E-state index contributed by atoms with van der Waals surface area (Å²) in [5.74, 6) is -0.933. The highest BCUT2D eigenvalue weighted by Crippen LogP contribution is 2.32. The Hall–Kier alpha value is -2.39. The molecule has 0 aliphatic carbocycles. The number of sulfonamides is 1. The maximum absolute atomic E-state index is 13.0. The second-order valence-electron chi connectivity index (χ2n) is 5.42. The smallest absolute Gasteiger partial charge is 0.322 e. The molecule has 26 heavy (non-hydrogen) atoms. The molecule has 0 aliphatic heterocycles. The molecule has 0 fully saturated rings. The number of amides is 1. The number of nitrogens with one attached hydrogen (secondary N) is 2. The van der Waals surface area contributed by atoms with E-state index in [9.17, 15) is 26.4 Å². The normalized spacial score (nSPS) is 12.0. The molecule has 5 nitrogen and oxygen atoms in total. The van der Waals surface area contributed by atoms with Crippen LogP contribution >= 0.6 is 0 Å². The van der Waals surface area contributed by atoms with Crippen LogP contribution in [0.3, 0.4) is 0 Å². The van der Waals surface area contributed by atoms with E-state index in [1.54, 1.807) is 0 Å². The minimum atomic E-state index is -4.66. The first-order valence-electron chi connectivity index (χ1n) is 7.72. The van der Waals surface area contributed by atoms with E-state index in [-0.39, 0.29) is 17.1 Å². The first-order valence-corrected chi connectivity index (χ1v) is 9.21. The predicted molar refractivity (Wildman–Crippen MR) is 91.3 cm³/mol. The van der Waals surface area contributed by atoms with Gasteiger partial charge in [0, 0.05) is 12.2 Å². The zero-order valence-electron chi connectivity index (χ0n) is 13.8. The molecule has 2 rings (SSSR count). The Labute approximate surface area is 149 Å². The van der Waals surface area contributed by atoms with Crippen LogP contribution in [0.15, 0.2) is 53.4 Å². The van der Waals surface area contributed by atoms with Crippen molar-refractivity contribution in [3.63, 3.8) is 0 Å². The number of carbonyl (C=O) groups is 1. The van der Waals surface area contributed by atoms with Gasteiger partial charge in [0.2, 0.25) is 10.0 Å². The van der Waals surface area contributed by atoms with Crippen LogP contribution in [0.4, 0.5) is 18.9 Å². The summed E-state index contributed by atoms with van der Waals surface area (Å²) in [6.45, 7) is 2.11. The molecular formula is C17H17F3N2O3S. The fraction of sp³-hybridized carbons (Fsp3) is 0.235. The summed E-state index contributed by atoms with van der Waals surface area (Å²) in [5, 5.41) is 2.34. The number of anilines is 1. The number of carbonyl (C=O) groups excluding carboxylic acids is 1. The van der Waals surface area contributed by atoms with Gasteiger partial charge in [0.15, 0.2) is 0 Å². The molecule has 9 heteroatoms. The van der Waals surface area contributed by atoms with E-state index in [2.05, 4.69) is 10.0 Å². The highest BCUT2D eigenvalue weighted by molar-refractivity contribution is 7.89. The lowest BCUT2D eigenvalue weighted by atomic mass is 10.1. The van der Waals surface area contributed by atoms with E-state index in [1.165, 1.54) is 36.4 Å². The van der Waals surface area contributed by atoms with Gasteiger partial charge in [-0.05, 0) is 42.8 Å². The van der Waals surface area contributed by atoms with Crippen LogP contribution in [-0.4, -0.2) is 20.9 Å². The van der Waals surface area contributed by atoms with Gasteiger partial charge >= 0.3 is 6.18 Å². The zero-order valence-corrected chi connectivity index (χ0v) is 14.6. The summed E-state index contributed by atoms with van der Waals surface area (Å²) in [6, 6.07) is 9.59. The molecule has 0 spiro atoms. The topological polar surface area (TPSA) is 75.3 Å². The maximum atomic E-state index is 13.0. The molecule has 0 bridgehead atoms. The van der Waals surface area contributed by atoms with E-state index < -0.39 is 33.2 Å². The van der Waals surface area contributed by atoms with Crippen molar-refractivity contribution in [1.29, 1.82) is 0 Å². The molecule has 2 aromatic carbocycles. The van der Waals surface area contributed by atoms with Gasteiger partial charge in [0.25, 0.3) is 5.91 Å². The van der Waals surface area contributed by atoms with Gasteiger partial charge in [-0.3, -0.25) is 4.79 Å². The summed E-state index contributed by atoms with van der Waals surface area (Å²) in [6.07, 6.45) is -4.02. The van der Waals surface area contributed by atoms with Crippen LogP contribution < -0.4 is 10.0 Å². The highest BCUT2D eigenvalue weighted by Gasteiger charge is 2.34. The van der Waals surface area contributed by atoms with Gasteiger partial charge in [0.1, 0.15) is 0 Å². The first-order chi connectivity index (χ1) is 12.1. The number of halogens is 3. The van der Waals surface area contributed by atoms with Crippen molar-refractivity contribution in [2.75, 3.05) is 11.9 Å². The number of alkyl halides is 3. The molecule has 140 valence electrons. The zero-order chi connectivity index (χ0) is 19.4. The van der Waals surface area contributed by atoms with Crippen molar-refractivity contribution < 1.29 is 26.4 Å². The first kappa shape index (κ1) is 19.9. The Bertz CT molecular complexity index is 879. The van der Waals surface area contributed by atoms with Crippen molar-refractivity contribution in [3.8, 4) is 0 Å². The van der Waals surface area contributed by atoms with Crippen molar-refractivity contribution in [2.45, 2.75) is 24.4 Å². The highest BCUT2D eigenvalue weighted by atomic mass is 32.2. The van der Waals surface area contributed by atoms with Crippen molar-refractivity contribution in [3.05, 3.63) is 59.7 Å². The molecule has 0 saturated heterocycles. The molecule has 1 amide bonds. The molecule has 0 aromatic heterocycles. The van der Waals surface area contributed by atoms with E-state index in [0.29, 0.717) is 6.42 Å². The van der Waals surface area contributed by atoms with Crippen molar-refractivity contribution >= 4 is 21.6 Å². The third-order valence-corrected chi connectivity index (χ3v) is 4.92. The van der Waals surface area contributed by atoms with Crippen LogP contribution in [-0.2, 0) is 16.2 Å². The molecule has 2 N–H and O–H groups in total. The molecule has 0 heterocycles. The second-order valence-corrected chi connectivity index (χ2v) is 7.19. The third kappa shape index (κ3) is 4.83. The van der Waals surface area contributed by atoms with Gasteiger partial charge in [-0.15, -0.1) is 0 Å². The third-order valence-electron chi connectivity index (χ3n) is 3.44. The monoisotopic (exact) mass is 386 g/mol. The molecule has 0 aliphatic rings. The van der Waals surface area contributed by atoms with Gasteiger partial charge in [-0.2, -0.15) is 13.2 Å². The summed E-state index contributed by atoms with van der Waals surface area (Å²) in [5.41, 5.74) is -1.37. The van der Waals surface area contributed by atoms with Crippen LogP contribution in [0.1, 0.15) is 29.3 Å². The number of benzene rings is 2. The van der Waals surface area contributed by atoms with E-state index in [1.807, 2.05) is 6.92 Å². The standard InChI is InChI=1S/C17H17F3N2O3S/c1-2-11-21-26(24,25)13-9-7-12(8-10-13)22-16(23)14-5-3-4-6-15(14)17(18,19)20/h3-10,21H,2,11H2,1H3,(H,22,23). The average molecular weight is 386 g/mol. The lowest BCUT2D eigenvalue weighted by Crippen LogP contribution is -2.24. The summed E-state index contributed by atoms with van der Waals surface area (Å²) >= 11 is 0. The van der Waals surface area contributed by atoms with Crippen LogP contribution in [0, 0.1) is 0 Å². The minimum absolute atomic E-state index is 0.000333. The van der Waals surface area contributed by atoms with Gasteiger partial charge < -0.3 is 5.32 Å². The number of hydrogen-bond donors (Lipinski definition) is 2. The fourth-order valence-electron chi connectivity index (χ4n) is 2.16. The quantitative estimate of drug-likeness (QED) is 0.796. The van der Waals surface area contributed by atoms with E-state index in [4.69, 9.17) is 0 Å². The predicted octanol–water partition coefficient (Wildman–Crippen LogP) is 3.65. The Balaban J connectivity index is 2.19. The fourth-order valence-corrected chi connectivity index (χ4v) is 3.30. The molecule has 0 atom stereocenters. The average Bonchev–Trinajstić information content (AvgIpc) is 2.60. The summed E-state index contributed by atoms with van der Waals surface area (Å²) in [7, 11) is -3.66. The Morgan fingerprint density at radius 3 is 2.23 bits per heavy atom. The summed E-state index contributed by atoms with van der Waals surface area (Å²) < 4.78 is 65.3. The van der Waals surface area contributed by atoms with Crippen LogP contribution in [0.5, 0.6) is 0 Å². The Morgan fingerprint density at radius 1 is 1.04 bits per heavy atom. The minimum Gasteiger partial charge on any atom is -0.322 e. The van der Waals surface area contributed by atoms with Gasteiger partial charge in [-0.1, -0.05) is 19.1 Å². The molecular weight excluding hydrogens is 369 g/mol. The van der Waals surface area contributed by atoms with E-state index >= 15 is 0 Å². The second kappa shape index (κ2) is 7.88. The van der Waals surface area contributed by atoms with Gasteiger partial charge in [0.05, 0.1) is 16.0 Å². The molecule has 0 saturated carbocycles.